The van der Waals surface area contributed by atoms with Crippen LogP contribution in [0.25, 0.3) is 0 Å². The van der Waals surface area contributed by atoms with Crippen LogP contribution >= 0.6 is 0 Å². The molecule has 0 amide bonds. The Balaban J connectivity index is 2.53. The van der Waals surface area contributed by atoms with Crippen LogP contribution in [0.3, 0.4) is 0 Å². The lowest BCUT2D eigenvalue weighted by Gasteiger charge is -2.12. The molecule has 10 heavy (non-hydrogen) atoms. The van der Waals surface area contributed by atoms with Gasteiger partial charge in [0.05, 0.1) is 13.7 Å². The second-order valence-corrected chi connectivity index (χ2v) is 1.69. The number of hydrogen-bond donors (Lipinski definition) is 0. The summed E-state index contributed by atoms with van der Waals surface area (Å²) in [5.41, 5.74) is 0. The average molecular weight is 144 g/mol. The Hall–Kier alpha value is -1.03. The topological polar surface area (TPSA) is 44.8 Å². The Labute approximate surface area is 58.4 Å². The van der Waals surface area contributed by atoms with Gasteiger partial charge in [-0.15, -0.1) is 0 Å². The molecule has 0 saturated heterocycles. The molecular weight excluding hydrogens is 136 g/mol. The summed E-state index contributed by atoms with van der Waals surface area (Å²) < 4.78 is 14.0. The van der Waals surface area contributed by atoms with Gasteiger partial charge in [0, 0.05) is 0 Å². The van der Waals surface area contributed by atoms with Crippen molar-refractivity contribution in [2.45, 2.75) is 0 Å². The maximum atomic E-state index is 10.7. The van der Waals surface area contributed by atoms with Crippen LogP contribution in [0.1, 0.15) is 0 Å². The van der Waals surface area contributed by atoms with Crippen LogP contribution in [0, 0.1) is 0 Å². The maximum absolute atomic E-state index is 10.7. The van der Waals surface area contributed by atoms with Crippen LogP contribution in [0.15, 0.2) is 11.8 Å². The van der Waals surface area contributed by atoms with Gasteiger partial charge in [0.15, 0.2) is 6.79 Å². The van der Waals surface area contributed by atoms with Crippen molar-refractivity contribution in [2.75, 3.05) is 20.5 Å². The van der Waals surface area contributed by atoms with E-state index in [-0.39, 0.29) is 12.6 Å². The molecule has 1 aliphatic rings. The summed E-state index contributed by atoms with van der Waals surface area (Å²) in [4.78, 5) is 10.7. The lowest BCUT2D eigenvalue weighted by molar-refractivity contribution is -0.144. The van der Waals surface area contributed by atoms with Crippen LogP contribution in [0.4, 0.5) is 0 Å². The van der Waals surface area contributed by atoms with Gasteiger partial charge in [-0.3, -0.25) is 0 Å². The number of rotatable bonds is 1. The van der Waals surface area contributed by atoms with Crippen molar-refractivity contribution in [1.82, 2.24) is 0 Å². The van der Waals surface area contributed by atoms with Crippen molar-refractivity contribution >= 4 is 5.97 Å². The molecule has 1 aliphatic heterocycles. The van der Waals surface area contributed by atoms with E-state index in [4.69, 9.17) is 9.47 Å². The molecule has 1 heterocycles. The van der Waals surface area contributed by atoms with Crippen molar-refractivity contribution < 1.29 is 19.0 Å². The van der Waals surface area contributed by atoms with Gasteiger partial charge in [-0.2, -0.15) is 0 Å². The molecule has 0 fully saturated rings. The van der Waals surface area contributed by atoms with Crippen molar-refractivity contribution in [3.05, 3.63) is 11.8 Å². The third kappa shape index (κ3) is 1.48. The molecule has 0 aromatic carbocycles. The van der Waals surface area contributed by atoms with Gasteiger partial charge >= 0.3 is 5.97 Å². The Morgan fingerprint density at radius 3 is 3.10 bits per heavy atom. The lowest BCUT2D eigenvalue weighted by atomic mass is 10.4. The molecule has 0 saturated carbocycles. The molecular formula is C6H8O4. The van der Waals surface area contributed by atoms with Crippen molar-refractivity contribution in [1.29, 1.82) is 0 Å². The predicted octanol–water partition coefficient (Wildman–Crippen LogP) is 0.0476. The second kappa shape index (κ2) is 3.22. The van der Waals surface area contributed by atoms with E-state index in [2.05, 4.69) is 4.74 Å². The average Bonchev–Trinajstić information content (AvgIpc) is 2.05. The summed E-state index contributed by atoms with van der Waals surface area (Å²) in [5.74, 6) is -0.225. The molecule has 0 N–H and O–H groups in total. The highest BCUT2D eigenvalue weighted by Crippen LogP contribution is 2.04. The summed E-state index contributed by atoms with van der Waals surface area (Å²) in [5, 5.41) is 0. The molecule has 4 heteroatoms. The first-order valence-corrected chi connectivity index (χ1v) is 2.83. The zero-order valence-corrected chi connectivity index (χ0v) is 5.62. The highest BCUT2D eigenvalue weighted by molar-refractivity contribution is 5.86. The van der Waals surface area contributed by atoms with Gasteiger partial charge in [-0.1, -0.05) is 0 Å². The third-order valence-electron chi connectivity index (χ3n) is 1.07. The fraction of sp³-hybridized carbons (Fsp3) is 0.500. The van der Waals surface area contributed by atoms with Gasteiger partial charge < -0.3 is 14.2 Å². The molecule has 4 nitrogen and oxygen atoms in total. The molecule has 0 unspecified atom stereocenters. The fourth-order valence-corrected chi connectivity index (χ4v) is 0.590. The van der Waals surface area contributed by atoms with E-state index in [0.717, 1.165) is 0 Å². The summed E-state index contributed by atoms with van der Waals surface area (Å²) >= 11 is 0. The van der Waals surface area contributed by atoms with Crippen LogP contribution < -0.4 is 0 Å². The molecule has 1 rings (SSSR count). The molecule has 56 valence electrons. The summed E-state index contributed by atoms with van der Waals surface area (Å²) in [6.07, 6.45) is 1.54. The first-order chi connectivity index (χ1) is 4.84. The number of ether oxygens (including phenoxy) is 3. The van der Waals surface area contributed by atoms with E-state index < -0.39 is 5.97 Å². The third-order valence-corrected chi connectivity index (χ3v) is 1.07. The summed E-state index contributed by atoms with van der Waals surface area (Å²) in [6.45, 7) is 0.533. The zero-order valence-electron chi connectivity index (χ0n) is 5.62. The van der Waals surface area contributed by atoms with Crippen LogP contribution in [-0.2, 0) is 19.0 Å². The van der Waals surface area contributed by atoms with E-state index >= 15 is 0 Å². The predicted molar refractivity (Wildman–Crippen MR) is 32.0 cm³/mol. The number of hydrogen-bond acceptors (Lipinski definition) is 4. The summed E-state index contributed by atoms with van der Waals surface area (Å²) in [6, 6.07) is 0. The van der Waals surface area contributed by atoms with Crippen molar-refractivity contribution in [3.63, 3.8) is 0 Å². The molecule has 0 aromatic rings. The molecule has 0 aromatic heterocycles. The lowest BCUT2D eigenvalue weighted by Crippen LogP contribution is -2.15. The molecule has 0 atom stereocenters. The molecule has 0 aliphatic carbocycles. The number of carbonyl (C=O) groups is 1. The standard InChI is InChI=1S/C6H8O4/c1-8-6(7)5-2-3-9-4-10-5/h2H,3-4H2,1H3. The van der Waals surface area contributed by atoms with E-state index in [1.54, 1.807) is 0 Å². The minimum Gasteiger partial charge on any atom is -0.463 e. The minimum absolute atomic E-state index is 0.126. The minimum atomic E-state index is -0.455. The van der Waals surface area contributed by atoms with E-state index in [1.165, 1.54) is 13.2 Å². The first-order valence-electron chi connectivity index (χ1n) is 2.83. The number of carbonyl (C=O) groups excluding carboxylic acids is 1. The fourth-order valence-electron chi connectivity index (χ4n) is 0.590. The molecule has 0 spiro atoms. The first kappa shape index (κ1) is 7.08. The smallest absolute Gasteiger partial charge is 0.373 e. The van der Waals surface area contributed by atoms with Gasteiger partial charge in [0.1, 0.15) is 0 Å². The van der Waals surface area contributed by atoms with Crippen LogP contribution in [0.5, 0.6) is 0 Å². The largest absolute Gasteiger partial charge is 0.463 e. The quantitative estimate of drug-likeness (QED) is 0.488. The monoisotopic (exact) mass is 144 g/mol. The maximum Gasteiger partial charge on any atom is 0.373 e. The Kier molecular flexibility index (Phi) is 2.28. The Morgan fingerprint density at radius 1 is 1.80 bits per heavy atom. The van der Waals surface area contributed by atoms with Gasteiger partial charge in [-0.05, 0) is 6.08 Å². The Morgan fingerprint density at radius 2 is 2.60 bits per heavy atom. The highest BCUT2D eigenvalue weighted by atomic mass is 16.7. The normalized spacial score (nSPS) is 17.1. The molecule has 0 bridgehead atoms. The van der Waals surface area contributed by atoms with E-state index in [0.29, 0.717) is 6.61 Å². The SMILES string of the molecule is COC(=O)C1=CCOCO1. The van der Waals surface area contributed by atoms with Crippen LogP contribution in [-0.4, -0.2) is 26.5 Å². The number of esters is 1. The zero-order chi connectivity index (χ0) is 7.40. The molecule has 0 radical (unpaired) electrons. The van der Waals surface area contributed by atoms with Gasteiger partial charge in [-0.25, -0.2) is 4.79 Å². The van der Waals surface area contributed by atoms with E-state index in [1.807, 2.05) is 0 Å². The van der Waals surface area contributed by atoms with Gasteiger partial charge in [0.25, 0.3) is 0 Å². The number of methoxy groups -OCH3 is 1. The van der Waals surface area contributed by atoms with Crippen molar-refractivity contribution in [2.24, 2.45) is 0 Å². The summed E-state index contributed by atoms with van der Waals surface area (Å²) in [7, 11) is 1.31. The second-order valence-electron chi connectivity index (χ2n) is 1.69. The Bertz CT molecular complexity index is 161. The van der Waals surface area contributed by atoms with Crippen LogP contribution in [0.2, 0.25) is 0 Å². The van der Waals surface area contributed by atoms with Crippen molar-refractivity contribution in [3.8, 4) is 0 Å². The highest BCUT2D eigenvalue weighted by Gasteiger charge is 2.13. The van der Waals surface area contributed by atoms with Gasteiger partial charge in [0.2, 0.25) is 5.76 Å². The van der Waals surface area contributed by atoms with E-state index in [9.17, 15) is 4.79 Å².